The van der Waals surface area contributed by atoms with Crippen LogP contribution in [-0.4, -0.2) is 21.4 Å². The number of fused-ring (bicyclic) bond motifs is 1. The molecule has 2 heterocycles. The molecular formula is C20H13F2N5O. The zero-order valence-electron chi connectivity index (χ0n) is 14.6. The van der Waals surface area contributed by atoms with E-state index in [4.69, 9.17) is 11.0 Å². The number of halogens is 2. The number of aliphatic imine (C=N–C) groups is 1. The number of carbonyl (C=O) groups excluding carboxylic acids is 1. The summed E-state index contributed by atoms with van der Waals surface area (Å²) in [6.07, 6.45) is 0. The van der Waals surface area contributed by atoms with Crippen LogP contribution in [-0.2, 0) is 0 Å². The maximum Gasteiger partial charge on any atom is 0.296 e. The molecule has 28 heavy (non-hydrogen) atoms. The Labute approximate surface area is 158 Å². The van der Waals surface area contributed by atoms with E-state index in [1.807, 2.05) is 6.07 Å². The lowest BCUT2D eigenvalue weighted by molar-refractivity contribution is 0.0980. The van der Waals surface area contributed by atoms with Gasteiger partial charge in [-0.25, -0.2) is 13.8 Å². The monoisotopic (exact) mass is 377 g/mol. The molecule has 138 valence electrons. The van der Waals surface area contributed by atoms with E-state index in [0.29, 0.717) is 22.4 Å². The van der Waals surface area contributed by atoms with Crippen LogP contribution in [0.25, 0.3) is 11.1 Å². The van der Waals surface area contributed by atoms with Crippen LogP contribution in [0.1, 0.15) is 27.7 Å². The molecule has 0 saturated carbocycles. The van der Waals surface area contributed by atoms with Crippen molar-refractivity contribution in [2.75, 3.05) is 0 Å². The molecule has 1 atom stereocenters. The number of nitrogens with two attached hydrogens (primary N) is 1. The molecule has 1 aliphatic rings. The SMILES string of the molecule is Cc1nn2c(c1-c1ccc(F)cc1F)N=C(C(N)c1ccc(C#N)cc1)C2=O. The molecule has 2 aromatic carbocycles. The molecule has 0 aliphatic carbocycles. The van der Waals surface area contributed by atoms with E-state index >= 15 is 0 Å². The fourth-order valence-corrected chi connectivity index (χ4v) is 3.16. The first-order valence-electron chi connectivity index (χ1n) is 8.34. The second kappa shape index (κ2) is 6.48. The standard InChI is InChI=1S/C20H13F2N5O/c1-10-16(14-7-6-13(21)8-15(14)22)19-25-18(20(28)27(19)26-10)17(24)12-4-2-11(9-23)3-5-12/h2-8,17H,24H2,1H3. The number of aromatic nitrogens is 2. The van der Waals surface area contributed by atoms with Gasteiger partial charge in [-0.3, -0.25) is 4.79 Å². The van der Waals surface area contributed by atoms with Crippen molar-refractivity contribution < 1.29 is 13.6 Å². The molecular weight excluding hydrogens is 364 g/mol. The average Bonchev–Trinajstić information content (AvgIpc) is 3.17. The summed E-state index contributed by atoms with van der Waals surface area (Å²) in [6.45, 7) is 1.62. The number of carbonyl (C=O) groups is 1. The van der Waals surface area contributed by atoms with E-state index in [1.165, 1.54) is 6.07 Å². The predicted octanol–water partition coefficient (Wildman–Crippen LogP) is 3.43. The van der Waals surface area contributed by atoms with Gasteiger partial charge in [0.1, 0.15) is 17.3 Å². The number of benzene rings is 2. The van der Waals surface area contributed by atoms with E-state index in [-0.39, 0.29) is 17.1 Å². The number of rotatable bonds is 3. The minimum atomic E-state index is -0.840. The summed E-state index contributed by atoms with van der Waals surface area (Å²) in [6, 6.07) is 10.8. The summed E-state index contributed by atoms with van der Waals surface area (Å²) >= 11 is 0. The largest absolute Gasteiger partial charge is 0.319 e. The molecule has 3 aromatic rings. The fourth-order valence-electron chi connectivity index (χ4n) is 3.16. The number of hydrogen-bond donors (Lipinski definition) is 1. The Hall–Kier alpha value is -3.70. The van der Waals surface area contributed by atoms with Gasteiger partial charge in [-0.2, -0.15) is 15.0 Å². The second-order valence-corrected chi connectivity index (χ2v) is 6.33. The van der Waals surface area contributed by atoms with Crippen LogP contribution in [0.5, 0.6) is 0 Å². The van der Waals surface area contributed by atoms with Crippen LogP contribution >= 0.6 is 0 Å². The fraction of sp³-hybridized carbons (Fsp3) is 0.100. The highest BCUT2D eigenvalue weighted by atomic mass is 19.1. The van der Waals surface area contributed by atoms with Crippen molar-refractivity contribution >= 4 is 17.4 Å². The zero-order chi connectivity index (χ0) is 20.0. The third kappa shape index (κ3) is 2.69. The summed E-state index contributed by atoms with van der Waals surface area (Å²) in [5.74, 6) is -1.83. The minimum absolute atomic E-state index is 0.0518. The van der Waals surface area contributed by atoms with Crippen LogP contribution in [0, 0.1) is 29.9 Å². The molecule has 0 amide bonds. The first-order valence-corrected chi connectivity index (χ1v) is 8.34. The Kier molecular flexibility index (Phi) is 4.09. The van der Waals surface area contributed by atoms with Gasteiger partial charge in [0.25, 0.3) is 5.91 Å². The molecule has 0 radical (unpaired) electrons. The molecule has 2 N–H and O–H groups in total. The zero-order valence-corrected chi connectivity index (χ0v) is 14.6. The van der Waals surface area contributed by atoms with Gasteiger partial charge < -0.3 is 5.73 Å². The highest BCUT2D eigenvalue weighted by Gasteiger charge is 2.34. The maximum atomic E-state index is 14.3. The van der Waals surface area contributed by atoms with Crippen molar-refractivity contribution in [1.82, 2.24) is 9.78 Å². The third-order valence-corrected chi connectivity index (χ3v) is 4.57. The third-order valence-electron chi connectivity index (χ3n) is 4.57. The molecule has 1 unspecified atom stereocenters. The smallest absolute Gasteiger partial charge is 0.296 e. The van der Waals surface area contributed by atoms with Crippen LogP contribution in [0.3, 0.4) is 0 Å². The molecule has 0 bridgehead atoms. The van der Waals surface area contributed by atoms with Crippen LogP contribution in [0.2, 0.25) is 0 Å². The summed E-state index contributed by atoms with van der Waals surface area (Å²) in [7, 11) is 0. The lowest BCUT2D eigenvalue weighted by Gasteiger charge is -2.10. The molecule has 1 aliphatic heterocycles. The van der Waals surface area contributed by atoms with E-state index in [9.17, 15) is 13.6 Å². The van der Waals surface area contributed by atoms with Crippen molar-refractivity contribution in [2.24, 2.45) is 10.7 Å². The number of aryl methyl sites for hydroxylation is 1. The Morgan fingerprint density at radius 2 is 1.89 bits per heavy atom. The van der Waals surface area contributed by atoms with Gasteiger partial charge >= 0.3 is 0 Å². The van der Waals surface area contributed by atoms with E-state index < -0.39 is 23.6 Å². The lowest BCUT2D eigenvalue weighted by Crippen LogP contribution is -2.29. The summed E-state index contributed by atoms with van der Waals surface area (Å²) in [5, 5.41) is 13.1. The van der Waals surface area contributed by atoms with Crippen LogP contribution in [0.15, 0.2) is 47.5 Å². The average molecular weight is 377 g/mol. The van der Waals surface area contributed by atoms with Crippen molar-refractivity contribution in [3.8, 4) is 17.2 Å². The number of hydrogen-bond acceptors (Lipinski definition) is 5. The normalized spacial score (nSPS) is 13.8. The Balaban J connectivity index is 1.79. The number of nitrogens with zero attached hydrogens (tertiary/aromatic N) is 4. The first-order chi connectivity index (χ1) is 13.4. The summed E-state index contributed by atoms with van der Waals surface area (Å²) < 4.78 is 28.6. The van der Waals surface area contributed by atoms with Gasteiger partial charge in [0.05, 0.1) is 28.9 Å². The Morgan fingerprint density at radius 3 is 2.54 bits per heavy atom. The van der Waals surface area contributed by atoms with Gasteiger partial charge in [0, 0.05) is 11.6 Å². The second-order valence-electron chi connectivity index (χ2n) is 6.33. The van der Waals surface area contributed by atoms with Gasteiger partial charge in [-0.15, -0.1) is 0 Å². The van der Waals surface area contributed by atoms with Gasteiger partial charge in [-0.1, -0.05) is 12.1 Å². The van der Waals surface area contributed by atoms with Crippen molar-refractivity contribution in [1.29, 1.82) is 5.26 Å². The van der Waals surface area contributed by atoms with E-state index in [1.54, 1.807) is 31.2 Å². The van der Waals surface area contributed by atoms with Gasteiger partial charge in [-0.05, 0) is 36.8 Å². The molecule has 0 spiro atoms. The van der Waals surface area contributed by atoms with Crippen LogP contribution < -0.4 is 5.73 Å². The molecule has 6 nitrogen and oxygen atoms in total. The first kappa shape index (κ1) is 17.7. The summed E-state index contributed by atoms with van der Waals surface area (Å²) in [5.41, 5.74) is 8.12. The highest BCUT2D eigenvalue weighted by molar-refractivity contribution is 6.44. The van der Waals surface area contributed by atoms with Gasteiger partial charge in [0.2, 0.25) is 0 Å². The van der Waals surface area contributed by atoms with Crippen molar-refractivity contribution in [3.63, 3.8) is 0 Å². The molecule has 0 saturated heterocycles. The molecule has 4 rings (SSSR count). The Bertz CT molecular complexity index is 1190. The molecule has 8 heteroatoms. The van der Waals surface area contributed by atoms with Crippen molar-refractivity contribution in [3.05, 3.63) is 70.9 Å². The molecule has 0 fully saturated rings. The van der Waals surface area contributed by atoms with Crippen LogP contribution in [0.4, 0.5) is 14.6 Å². The van der Waals surface area contributed by atoms with E-state index in [0.717, 1.165) is 16.8 Å². The summed E-state index contributed by atoms with van der Waals surface area (Å²) in [4.78, 5) is 17.1. The number of nitriles is 1. The minimum Gasteiger partial charge on any atom is -0.319 e. The molecule has 1 aromatic heterocycles. The Morgan fingerprint density at radius 1 is 1.18 bits per heavy atom. The highest BCUT2D eigenvalue weighted by Crippen LogP contribution is 2.38. The quantitative estimate of drug-likeness (QED) is 0.756. The van der Waals surface area contributed by atoms with E-state index in [2.05, 4.69) is 10.1 Å². The predicted molar refractivity (Wildman–Crippen MR) is 98.1 cm³/mol. The van der Waals surface area contributed by atoms with Gasteiger partial charge in [0.15, 0.2) is 5.82 Å². The van der Waals surface area contributed by atoms with Crippen molar-refractivity contribution in [2.45, 2.75) is 13.0 Å². The topological polar surface area (TPSA) is 97.1 Å². The lowest BCUT2D eigenvalue weighted by atomic mass is 10.0. The maximum absolute atomic E-state index is 14.3.